The zero-order valence-electron chi connectivity index (χ0n) is 12.8. The van der Waals surface area contributed by atoms with E-state index < -0.39 is 0 Å². The van der Waals surface area contributed by atoms with Crippen LogP contribution in [-0.4, -0.2) is 30.7 Å². The van der Waals surface area contributed by atoms with Gasteiger partial charge >= 0.3 is 0 Å². The fourth-order valence-corrected chi connectivity index (χ4v) is 1.97. The molecule has 0 saturated heterocycles. The zero-order chi connectivity index (χ0) is 15.1. The summed E-state index contributed by atoms with van der Waals surface area (Å²) in [4.78, 5) is 10.8. The highest BCUT2D eigenvalue weighted by atomic mass is 16.5. The van der Waals surface area contributed by atoms with E-state index in [4.69, 9.17) is 4.74 Å². The van der Waals surface area contributed by atoms with Crippen LogP contribution in [0.5, 0.6) is 5.75 Å². The summed E-state index contributed by atoms with van der Waals surface area (Å²) in [5.41, 5.74) is 1.21. The van der Waals surface area contributed by atoms with Crippen molar-refractivity contribution in [1.82, 2.24) is 9.97 Å². The van der Waals surface area contributed by atoms with Gasteiger partial charge in [-0.15, -0.1) is 0 Å². The quantitative estimate of drug-likeness (QED) is 0.848. The van der Waals surface area contributed by atoms with Gasteiger partial charge in [-0.3, -0.25) is 0 Å². The lowest BCUT2D eigenvalue weighted by molar-refractivity contribution is 0.414. The first-order valence-corrected chi connectivity index (χ1v) is 7.14. The van der Waals surface area contributed by atoms with Gasteiger partial charge in [-0.25, -0.2) is 4.98 Å². The molecule has 0 aliphatic heterocycles. The maximum atomic E-state index is 5.17. The van der Waals surface area contributed by atoms with Crippen LogP contribution in [0.25, 0.3) is 0 Å². The molecule has 1 aromatic heterocycles. The van der Waals surface area contributed by atoms with Crippen LogP contribution in [0, 0.1) is 0 Å². The lowest BCUT2D eigenvalue weighted by atomic mass is 10.2. The molecule has 0 atom stereocenters. The van der Waals surface area contributed by atoms with Gasteiger partial charge < -0.3 is 15.0 Å². The molecule has 1 heterocycles. The van der Waals surface area contributed by atoms with E-state index in [2.05, 4.69) is 39.2 Å². The van der Waals surface area contributed by atoms with Crippen molar-refractivity contribution in [3.63, 3.8) is 0 Å². The van der Waals surface area contributed by atoms with E-state index >= 15 is 0 Å². The molecule has 0 radical (unpaired) electrons. The van der Waals surface area contributed by atoms with Crippen LogP contribution < -0.4 is 15.0 Å². The molecule has 21 heavy (non-hydrogen) atoms. The number of nitrogens with one attached hydrogen (secondary N) is 1. The summed E-state index contributed by atoms with van der Waals surface area (Å²) in [7, 11) is 3.70. The molecule has 0 amide bonds. The summed E-state index contributed by atoms with van der Waals surface area (Å²) < 4.78 is 5.17. The van der Waals surface area contributed by atoms with Crippen molar-refractivity contribution in [1.29, 1.82) is 0 Å². The van der Waals surface area contributed by atoms with Gasteiger partial charge in [0.1, 0.15) is 11.6 Å². The minimum Gasteiger partial charge on any atom is -0.497 e. The lowest BCUT2D eigenvalue weighted by Crippen LogP contribution is -2.18. The molecule has 0 aliphatic carbocycles. The minimum absolute atomic E-state index is 0.677. The first kappa shape index (κ1) is 15.1. The first-order chi connectivity index (χ1) is 10.2. The topological polar surface area (TPSA) is 50.3 Å². The Bertz CT molecular complexity index is 556. The maximum Gasteiger partial charge on any atom is 0.224 e. The molecule has 0 spiro atoms. The van der Waals surface area contributed by atoms with Crippen LogP contribution in [0.15, 0.2) is 36.5 Å². The van der Waals surface area contributed by atoms with Crippen molar-refractivity contribution in [2.24, 2.45) is 0 Å². The van der Waals surface area contributed by atoms with Crippen molar-refractivity contribution in [3.8, 4) is 5.75 Å². The molecule has 0 unspecified atom stereocenters. The number of hydrogen-bond donors (Lipinski definition) is 1. The van der Waals surface area contributed by atoms with E-state index in [1.807, 2.05) is 25.2 Å². The third kappa shape index (κ3) is 4.34. The Morgan fingerprint density at radius 3 is 2.62 bits per heavy atom. The van der Waals surface area contributed by atoms with Crippen molar-refractivity contribution < 1.29 is 4.74 Å². The third-order valence-electron chi connectivity index (χ3n) is 3.14. The van der Waals surface area contributed by atoms with Gasteiger partial charge in [0.2, 0.25) is 5.95 Å². The molecular formula is C16H22N4O. The summed E-state index contributed by atoms with van der Waals surface area (Å²) in [5, 5.41) is 3.20. The molecule has 2 rings (SSSR count). The Morgan fingerprint density at radius 2 is 1.95 bits per heavy atom. The van der Waals surface area contributed by atoms with Gasteiger partial charge in [-0.05, 0) is 30.2 Å². The average Bonchev–Trinajstić information content (AvgIpc) is 2.54. The van der Waals surface area contributed by atoms with Crippen molar-refractivity contribution in [2.75, 3.05) is 30.9 Å². The van der Waals surface area contributed by atoms with E-state index in [9.17, 15) is 0 Å². The fourth-order valence-electron chi connectivity index (χ4n) is 1.97. The van der Waals surface area contributed by atoms with Gasteiger partial charge in [0.25, 0.3) is 0 Å². The maximum absolute atomic E-state index is 5.17. The van der Waals surface area contributed by atoms with Gasteiger partial charge in [0.15, 0.2) is 0 Å². The average molecular weight is 286 g/mol. The second kappa shape index (κ2) is 7.47. The summed E-state index contributed by atoms with van der Waals surface area (Å²) >= 11 is 0. The van der Waals surface area contributed by atoms with Crippen molar-refractivity contribution in [3.05, 3.63) is 42.1 Å². The lowest BCUT2D eigenvalue weighted by Gasteiger charge is -2.19. The Hall–Kier alpha value is -2.30. The molecular weight excluding hydrogens is 264 g/mol. The van der Waals surface area contributed by atoms with Crippen LogP contribution in [0.3, 0.4) is 0 Å². The van der Waals surface area contributed by atoms with Crippen molar-refractivity contribution >= 4 is 11.8 Å². The fraction of sp³-hybridized carbons (Fsp3) is 0.375. The van der Waals surface area contributed by atoms with E-state index in [0.29, 0.717) is 5.95 Å². The number of benzene rings is 1. The van der Waals surface area contributed by atoms with E-state index in [1.54, 1.807) is 13.3 Å². The predicted octanol–water partition coefficient (Wildman–Crippen LogP) is 2.94. The molecule has 0 saturated carbocycles. The smallest absolute Gasteiger partial charge is 0.224 e. The van der Waals surface area contributed by atoms with Crippen LogP contribution >= 0.6 is 0 Å². The molecule has 112 valence electrons. The summed E-state index contributed by atoms with van der Waals surface area (Å²) in [6.07, 6.45) is 2.83. The second-order valence-electron chi connectivity index (χ2n) is 4.87. The summed E-state index contributed by atoms with van der Waals surface area (Å²) in [5.74, 6) is 2.45. The van der Waals surface area contributed by atoms with Crippen LogP contribution in [-0.2, 0) is 6.54 Å². The number of nitrogens with zero attached hydrogens (tertiary/aromatic N) is 3. The van der Waals surface area contributed by atoms with Gasteiger partial charge in [0, 0.05) is 26.3 Å². The molecule has 5 nitrogen and oxygen atoms in total. The van der Waals surface area contributed by atoms with Gasteiger partial charge in [-0.1, -0.05) is 19.1 Å². The molecule has 0 aliphatic rings. The summed E-state index contributed by atoms with van der Waals surface area (Å²) in [6.45, 7) is 3.78. The van der Waals surface area contributed by atoms with Crippen LogP contribution in [0.2, 0.25) is 0 Å². The SMILES string of the molecule is CCCNc1nccc(N(C)Cc2ccc(OC)cc2)n1. The molecule has 5 heteroatoms. The summed E-state index contributed by atoms with van der Waals surface area (Å²) in [6, 6.07) is 9.98. The normalized spacial score (nSPS) is 10.2. The number of rotatable bonds is 7. The van der Waals surface area contributed by atoms with Gasteiger partial charge in [0.05, 0.1) is 7.11 Å². The van der Waals surface area contributed by atoms with E-state index in [-0.39, 0.29) is 0 Å². The highest BCUT2D eigenvalue weighted by Crippen LogP contribution is 2.16. The van der Waals surface area contributed by atoms with Crippen LogP contribution in [0.1, 0.15) is 18.9 Å². The van der Waals surface area contributed by atoms with Crippen LogP contribution in [0.4, 0.5) is 11.8 Å². The predicted molar refractivity (Wildman–Crippen MR) is 85.9 cm³/mol. The molecule has 1 N–H and O–H groups in total. The molecule has 0 bridgehead atoms. The molecule has 2 aromatic rings. The Morgan fingerprint density at radius 1 is 1.19 bits per heavy atom. The van der Waals surface area contributed by atoms with Gasteiger partial charge in [-0.2, -0.15) is 4.98 Å². The number of ether oxygens (including phenoxy) is 1. The zero-order valence-corrected chi connectivity index (χ0v) is 12.8. The second-order valence-corrected chi connectivity index (χ2v) is 4.87. The monoisotopic (exact) mass is 286 g/mol. The number of anilines is 2. The number of methoxy groups -OCH3 is 1. The Kier molecular flexibility index (Phi) is 5.37. The highest BCUT2D eigenvalue weighted by molar-refractivity contribution is 5.42. The third-order valence-corrected chi connectivity index (χ3v) is 3.14. The van der Waals surface area contributed by atoms with Crippen molar-refractivity contribution in [2.45, 2.75) is 19.9 Å². The highest BCUT2D eigenvalue weighted by Gasteiger charge is 2.05. The minimum atomic E-state index is 0.677. The Labute approximate surface area is 126 Å². The molecule has 0 fully saturated rings. The first-order valence-electron chi connectivity index (χ1n) is 7.14. The van der Waals surface area contributed by atoms with E-state index in [0.717, 1.165) is 31.1 Å². The molecule has 1 aromatic carbocycles. The number of aromatic nitrogens is 2. The largest absolute Gasteiger partial charge is 0.497 e. The standard InChI is InChI=1S/C16H22N4O/c1-4-10-17-16-18-11-9-15(19-16)20(2)12-13-5-7-14(21-3)8-6-13/h5-9,11H,4,10,12H2,1-3H3,(H,17,18,19). The number of hydrogen-bond acceptors (Lipinski definition) is 5. The Balaban J connectivity index is 2.03. The van der Waals surface area contributed by atoms with E-state index in [1.165, 1.54) is 5.56 Å².